The molecule has 1 atom stereocenters. The Morgan fingerprint density at radius 2 is 2.05 bits per heavy atom. The maximum Gasteiger partial charge on any atom is 0.311 e. The van der Waals surface area contributed by atoms with Gasteiger partial charge in [-0.1, -0.05) is 6.08 Å². The molecule has 1 aliphatic heterocycles. The SMILES string of the molecule is C=CCC1(C(=O)O)CCCN(C(=O)C2(COC)CC2)C1. The third-order valence-electron chi connectivity index (χ3n) is 4.58. The van der Waals surface area contributed by atoms with Crippen LogP contribution in [-0.2, 0) is 14.3 Å². The van der Waals surface area contributed by atoms with Crippen molar-refractivity contribution in [3.05, 3.63) is 12.7 Å². The number of amides is 1. The van der Waals surface area contributed by atoms with Crippen molar-refractivity contribution in [1.82, 2.24) is 4.90 Å². The number of carboxylic acids is 1. The van der Waals surface area contributed by atoms with Gasteiger partial charge in [-0.2, -0.15) is 0 Å². The lowest BCUT2D eigenvalue weighted by atomic mass is 9.77. The first-order valence-electron chi connectivity index (χ1n) is 7.12. The lowest BCUT2D eigenvalue weighted by Gasteiger charge is -2.40. The number of ether oxygens (including phenoxy) is 1. The van der Waals surface area contributed by atoms with Crippen LogP contribution in [0, 0.1) is 10.8 Å². The Morgan fingerprint density at radius 3 is 2.55 bits per heavy atom. The van der Waals surface area contributed by atoms with Gasteiger partial charge in [0.2, 0.25) is 5.91 Å². The van der Waals surface area contributed by atoms with E-state index in [-0.39, 0.29) is 11.3 Å². The number of carbonyl (C=O) groups is 2. The Labute approximate surface area is 119 Å². The molecule has 0 bridgehead atoms. The predicted molar refractivity (Wildman–Crippen MR) is 74.2 cm³/mol. The third-order valence-corrected chi connectivity index (χ3v) is 4.58. The molecule has 5 heteroatoms. The standard InChI is InChI=1S/C15H23NO4/c1-3-5-14(13(18)19)6-4-9-16(10-14)12(17)15(7-8-15)11-20-2/h3H,1,4-11H2,2H3,(H,18,19). The van der Waals surface area contributed by atoms with Crippen molar-refractivity contribution in [3.8, 4) is 0 Å². The topological polar surface area (TPSA) is 66.8 Å². The van der Waals surface area contributed by atoms with Crippen molar-refractivity contribution in [3.63, 3.8) is 0 Å². The highest BCUT2D eigenvalue weighted by Gasteiger charge is 2.54. The minimum Gasteiger partial charge on any atom is -0.481 e. The van der Waals surface area contributed by atoms with Gasteiger partial charge in [0.1, 0.15) is 0 Å². The van der Waals surface area contributed by atoms with E-state index in [9.17, 15) is 14.7 Å². The molecule has 2 aliphatic rings. The molecular formula is C15H23NO4. The number of carbonyl (C=O) groups excluding carboxylic acids is 1. The van der Waals surface area contributed by atoms with Gasteiger partial charge in [0.15, 0.2) is 0 Å². The zero-order valence-electron chi connectivity index (χ0n) is 12.1. The summed E-state index contributed by atoms with van der Waals surface area (Å²) in [6, 6.07) is 0. The predicted octanol–water partition coefficient (Wildman–Crippen LogP) is 1.68. The Bertz CT molecular complexity index is 416. The fourth-order valence-corrected chi connectivity index (χ4v) is 3.19. The summed E-state index contributed by atoms with van der Waals surface area (Å²) in [5.41, 5.74) is -1.25. The van der Waals surface area contributed by atoms with Gasteiger partial charge < -0.3 is 14.7 Å². The minimum atomic E-state index is -0.862. The van der Waals surface area contributed by atoms with Crippen LogP contribution in [0.25, 0.3) is 0 Å². The van der Waals surface area contributed by atoms with Crippen LogP contribution in [0.3, 0.4) is 0 Å². The lowest BCUT2D eigenvalue weighted by molar-refractivity contribution is -0.156. The average Bonchev–Trinajstić information content (AvgIpc) is 3.20. The maximum absolute atomic E-state index is 12.6. The first kappa shape index (κ1) is 15.0. The smallest absolute Gasteiger partial charge is 0.311 e. The van der Waals surface area contributed by atoms with Gasteiger partial charge in [0.25, 0.3) is 0 Å². The van der Waals surface area contributed by atoms with Crippen molar-refractivity contribution in [2.75, 3.05) is 26.8 Å². The molecular weight excluding hydrogens is 258 g/mol. The highest BCUT2D eigenvalue weighted by atomic mass is 16.5. The van der Waals surface area contributed by atoms with E-state index in [0.29, 0.717) is 32.5 Å². The summed E-state index contributed by atoms with van der Waals surface area (Å²) in [5, 5.41) is 9.53. The highest BCUT2D eigenvalue weighted by molar-refractivity contribution is 5.86. The molecule has 1 saturated heterocycles. The second-order valence-corrected chi connectivity index (χ2v) is 6.12. The summed E-state index contributed by atoms with van der Waals surface area (Å²) in [7, 11) is 1.60. The normalized spacial score (nSPS) is 27.9. The molecule has 0 radical (unpaired) electrons. The molecule has 20 heavy (non-hydrogen) atoms. The zero-order chi connectivity index (χ0) is 14.8. The first-order valence-corrected chi connectivity index (χ1v) is 7.12. The molecule has 0 aromatic carbocycles. The number of aliphatic carboxylic acids is 1. The minimum absolute atomic E-state index is 0.0636. The molecule has 1 unspecified atom stereocenters. The Morgan fingerprint density at radius 1 is 1.35 bits per heavy atom. The van der Waals surface area contributed by atoms with Crippen LogP contribution < -0.4 is 0 Å². The number of nitrogens with zero attached hydrogens (tertiary/aromatic N) is 1. The van der Waals surface area contributed by atoms with E-state index in [1.54, 1.807) is 18.1 Å². The lowest BCUT2D eigenvalue weighted by Crippen LogP contribution is -2.52. The molecule has 1 N–H and O–H groups in total. The number of hydrogen-bond acceptors (Lipinski definition) is 3. The first-order chi connectivity index (χ1) is 9.49. The van der Waals surface area contributed by atoms with Gasteiger partial charge in [-0.3, -0.25) is 9.59 Å². The highest BCUT2D eigenvalue weighted by Crippen LogP contribution is 2.48. The number of allylic oxidation sites excluding steroid dienone is 1. The number of hydrogen-bond donors (Lipinski definition) is 1. The van der Waals surface area contributed by atoms with E-state index >= 15 is 0 Å². The van der Waals surface area contributed by atoms with Gasteiger partial charge in [-0.15, -0.1) is 6.58 Å². The molecule has 2 rings (SSSR count). The van der Waals surface area contributed by atoms with E-state index < -0.39 is 11.4 Å². The molecule has 5 nitrogen and oxygen atoms in total. The van der Waals surface area contributed by atoms with Crippen LogP contribution in [0.1, 0.15) is 32.1 Å². The van der Waals surface area contributed by atoms with Crippen LogP contribution in [0.15, 0.2) is 12.7 Å². The number of likely N-dealkylation sites (tertiary alicyclic amines) is 1. The van der Waals surface area contributed by atoms with Crippen LogP contribution in [-0.4, -0.2) is 48.7 Å². The fraction of sp³-hybridized carbons (Fsp3) is 0.733. The molecule has 1 heterocycles. The largest absolute Gasteiger partial charge is 0.481 e. The van der Waals surface area contributed by atoms with Crippen LogP contribution in [0.5, 0.6) is 0 Å². The Hall–Kier alpha value is -1.36. The quantitative estimate of drug-likeness (QED) is 0.752. The third kappa shape index (κ3) is 2.59. The van der Waals surface area contributed by atoms with E-state index in [1.165, 1.54) is 0 Å². The number of carboxylic acid groups (broad SMARTS) is 1. The molecule has 0 aromatic heterocycles. The van der Waals surface area contributed by atoms with E-state index in [2.05, 4.69) is 6.58 Å². The Balaban J connectivity index is 2.12. The zero-order valence-corrected chi connectivity index (χ0v) is 12.1. The van der Waals surface area contributed by atoms with Crippen LogP contribution in [0.2, 0.25) is 0 Å². The molecule has 0 aromatic rings. The van der Waals surface area contributed by atoms with Gasteiger partial charge in [0, 0.05) is 20.2 Å². The number of methoxy groups -OCH3 is 1. The molecule has 1 saturated carbocycles. The van der Waals surface area contributed by atoms with Crippen molar-refractivity contribution in [1.29, 1.82) is 0 Å². The van der Waals surface area contributed by atoms with Crippen LogP contribution >= 0.6 is 0 Å². The summed E-state index contributed by atoms with van der Waals surface area (Å²) >= 11 is 0. The van der Waals surface area contributed by atoms with Crippen molar-refractivity contribution >= 4 is 11.9 Å². The molecule has 1 aliphatic carbocycles. The molecule has 112 valence electrons. The monoisotopic (exact) mass is 281 g/mol. The van der Waals surface area contributed by atoms with Gasteiger partial charge in [-0.05, 0) is 32.1 Å². The summed E-state index contributed by atoms with van der Waals surface area (Å²) in [5.74, 6) is -0.764. The molecule has 2 fully saturated rings. The summed E-state index contributed by atoms with van der Waals surface area (Å²) < 4.78 is 5.15. The van der Waals surface area contributed by atoms with Crippen LogP contribution in [0.4, 0.5) is 0 Å². The van der Waals surface area contributed by atoms with Gasteiger partial charge in [0.05, 0.1) is 17.4 Å². The average molecular weight is 281 g/mol. The van der Waals surface area contributed by atoms with E-state index in [4.69, 9.17) is 4.74 Å². The van der Waals surface area contributed by atoms with Crippen molar-refractivity contribution in [2.24, 2.45) is 10.8 Å². The fourth-order valence-electron chi connectivity index (χ4n) is 3.19. The second-order valence-electron chi connectivity index (χ2n) is 6.12. The summed E-state index contributed by atoms with van der Waals surface area (Å²) in [4.78, 5) is 26.0. The van der Waals surface area contributed by atoms with E-state index in [0.717, 1.165) is 19.3 Å². The van der Waals surface area contributed by atoms with E-state index in [1.807, 2.05) is 0 Å². The molecule has 1 amide bonds. The van der Waals surface area contributed by atoms with Gasteiger partial charge >= 0.3 is 5.97 Å². The number of piperidine rings is 1. The summed E-state index contributed by atoms with van der Waals surface area (Å²) in [6.07, 6.45) is 5.08. The molecule has 0 spiro atoms. The Kier molecular flexibility index (Phi) is 4.18. The summed E-state index contributed by atoms with van der Waals surface area (Å²) in [6.45, 7) is 5.03. The maximum atomic E-state index is 12.6. The van der Waals surface area contributed by atoms with Crippen molar-refractivity contribution < 1.29 is 19.4 Å². The number of rotatable bonds is 6. The second kappa shape index (κ2) is 5.56. The van der Waals surface area contributed by atoms with Crippen molar-refractivity contribution in [2.45, 2.75) is 32.1 Å². The van der Waals surface area contributed by atoms with Gasteiger partial charge in [-0.25, -0.2) is 0 Å².